The highest BCUT2D eigenvalue weighted by Crippen LogP contribution is 2.33. The van der Waals surface area contributed by atoms with Gasteiger partial charge in [-0.1, -0.05) is 53.6 Å². The number of benzene rings is 2. The van der Waals surface area contributed by atoms with Crippen LogP contribution in [0.1, 0.15) is 70.7 Å². The molecule has 3 amide bonds. The number of hydrogen-bond acceptors (Lipinski definition) is 5. The van der Waals surface area contributed by atoms with Crippen LogP contribution in [0, 0.1) is 13.8 Å². The number of nitrogens with zero attached hydrogens (tertiary/aromatic N) is 1. The van der Waals surface area contributed by atoms with E-state index in [4.69, 9.17) is 16.3 Å². The molecular formula is C30H42ClN3O4S. The van der Waals surface area contributed by atoms with Crippen molar-refractivity contribution in [2.45, 2.75) is 85.0 Å². The fourth-order valence-electron chi connectivity index (χ4n) is 4.10. The Labute approximate surface area is 242 Å². The van der Waals surface area contributed by atoms with Gasteiger partial charge in [-0.25, -0.2) is 4.79 Å². The highest BCUT2D eigenvalue weighted by atomic mass is 35.5. The summed E-state index contributed by atoms with van der Waals surface area (Å²) in [5.74, 6) is -0.150. The summed E-state index contributed by atoms with van der Waals surface area (Å²) in [6.45, 7) is 14.7. The number of para-hydroxylation sites is 1. The highest BCUT2D eigenvalue weighted by Gasteiger charge is 2.42. The molecule has 0 aliphatic heterocycles. The van der Waals surface area contributed by atoms with Crippen LogP contribution < -0.4 is 10.6 Å². The van der Waals surface area contributed by atoms with Gasteiger partial charge >= 0.3 is 6.09 Å². The molecular weight excluding hydrogens is 534 g/mol. The van der Waals surface area contributed by atoms with Crippen LogP contribution in [0.25, 0.3) is 0 Å². The van der Waals surface area contributed by atoms with E-state index in [1.165, 1.54) is 0 Å². The number of aryl methyl sites for hydroxylation is 2. The first kappa shape index (κ1) is 32.5. The van der Waals surface area contributed by atoms with Crippen molar-refractivity contribution in [1.29, 1.82) is 0 Å². The molecule has 2 N–H and O–H groups in total. The molecule has 0 saturated heterocycles. The zero-order chi connectivity index (χ0) is 29.5. The van der Waals surface area contributed by atoms with E-state index in [-0.39, 0.29) is 5.91 Å². The minimum Gasteiger partial charge on any atom is -0.444 e. The van der Waals surface area contributed by atoms with Gasteiger partial charge in [0.25, 0.3) is 5.91 Å². The van der Waals surface area contributed by atoms with Gasteiger partial charge in [0.15, 0.2) is 0 Å². The van der Waals surface area contributed by atoms with Crippen molar-refractivity contribution in [3.05, 3.63) is 64.2 Å². The quantitative estimate of drug-likeness (QED) is 0.339. The van der Waals surface area contributed by atoms with Crippen molar-refractivity contribution >= 4 is 47.0 Å². The minimum atomic E-state index is -0.994. The molecule has 2 aromatic rings. The van der Waals surface area contributed by atoms with Crippen LogP contribution in [-0.2, 0) is 14.3 Å². The first-order valence-electron chi connectivity index (χ1n) is 13.0. The van der Waals surface area contributed by atoms with Gasteiger partial charge in [-0.2, -0.15) is 11.8 Å². The molecule has 0 radical (unpaired) electrons. The number of halogens is 1. The number of ether oxygens (including phenoxy) is 1. The Morgan fingerprint density at radius 2 is 1.62 bits per heavy atom. The Balaban J connectivity index is 2.60. The third-order valence-electron chi connectivity index (χ3n) is 5.93. The molecule has 2 atom stereocenters. The van der Waals surface area contributed by atoms with Crippen LogP contribution in [0.15, 0.2) is 42.5 Å². The van der Waals surface area contributed by atoms with Gasteiger partial charge in [0.2, 0.25) is 5.91 Å². The van der Waals surface area contributed by atoms with Gasteiger partial charge in [0.1, 0.15) is 17.7 Å². The van der Waals surface area contributed by atoms with Crippen molar-refractivity contribution in [2.75, 3.05) is 17.3 Å². The van der Waals surface area contributed by atoms with Crippen LogP contribution in [0.4, 0.5) is 10.5 Å². The molecule has 0 aromatic heterocycles. The molecule has 0 bridgehead atoms. The van der Waals surface area contributed by atoms with Crippen LogP contribution in [0.3, 0.4) is 0 Å². The van der Waals surface area contributed by atoms with Crippen molar-refractivity contribution in [2.24, 2.45) is 0 Å². The summed E-state index contributed by atoms with van der Waals surface area (Å²) in [6.07, 6.45) is 1.63. The maximum atomic E-state index is 14.3. The molecule has 9 heteroatoms. The lowest BCUT2D eigenvalue weighted by Gasteiger charge is -2.43. The van der Waals surface area contributed by atoms with Gasteiger partial charge < -0.3 is 20.3 Å². The second-order valence-electron chi connectivity index (χ2n) is 11.6. The number of carbonyl (C=O) groups excluding carboxylic acids is 3. The number of carbonyl (C=O) groups is 3. The Hall–Kier alpha value is -2.71. The Morgan fingerprint density at radius 1 is 1.00 bits per heavy atom. The fraction of sp³-hybridized carbons (Fsp3) is 0.500. The number of thioether (sulfide) groups is 1. The fourth-order valence-corrected chi connectivity index (χ4v) is 4.84. The van der Waals surface area contributed by atoms with E-state index in [0.29, 0.717) is 28.4 Å². The topological polar surface area (TPSA) is 87.7 Å². The molecule has 2 aromatic carbocycles. The molecule has 7 nitrogen and oxygen atoms in total. The second-order valence-corrected chi connectivity index (χ2v) is 13.0. The number of alkyl carbamates (subject to hydrolysis) is 1. The van der Waals surface area contributed by atoms with Crippen molar-refractivity contribution in [3.63, 3.8) is 0 Å². The maximum absolute atomic E-state index is 14.3. The largest absolute Gasteiger partial charge is 0.444 e. The van der Waals surface area contributed by atoms with E-state index >= 15 is 0 Å². The Morgan fingerprint density at radius 3 is 2.13 bits per heavy atom. The Bertz CT molecular complexity index is 1140. The van der Waals surface area contributed by atoms with E-state index < -0.39 is 35.2 Å². The second kappa shape index (κ2) is 13.6. The van der Waals surface area contributed by atoms with Gasteiger partial charge in [-0.15, -0.1) is 0 Å². The number of anilines is 1. The lowest BCUT2D eigenvalue weighted by molar-refractivity contribution is -0.146. The average Bonchev–Trinajstić information content (AvgIpc) is 2.80. The van der Waals surface area contributed by atoms with E-state index in [0.717, 1.165) is 11.1 Å². The van der Waals surface area contributed by atoms with Crippen LogP contribution >= 0.6 is 23.4 Å². The van der Waals surface area contributed by atoms with Gasteiger partial charge in [0, 0.05) is 5.54 Å². The van der Waals surface area contributed by atoms with Gasteiger partial charge in [-0.05, 0) is 91.0 Å². The molecule has 0 fully saturated rings. The third-order valence-corrected chi connectivity index (χ3v) is 6.89. The first-order chi connectivity index (χ1) is 18.0. The number of nitrogens with one attached hydrogen (secondary N) is 2. The average molecular weight is 576 g/mol. The van der Waals surface area contributed by atoms with E-state index in [2.05, 4.69) is 10.6 Å². The summed E-state index contributed by atoms with van der Waals surface area (Å²) in [4.78, 5) is 42.7. The molecule has 0 aliphatic carbocycles. The van der Waals surface area contributed by atoms with E-state index in [9.17, 15) is 14.4 Å². The van der Waals surface area contributed by atoms with Crippen molar-refractivity contribution < 1.29 is 19.1 Å². The molecule has 0 spiro atoms. The molecule has 214 valence electrons. The first-order valence-corrected chi connectivity index (χ1v) is 14.8. The highest BCUT2D eigenvalue weighted by molar-refractivity contribution is 7.98. The van der Waals surface area contributed by atoms with Crippen molar-refractivity contribution in [3.8, 4) is 0 Å². The van der Waals surface area contributed by atoms with Crippen LogP contribution in [0.2, 0.25) is 5.02 Å². The molecule has 2 rings (SSSR count). The van der Waals surface area contributed by atoms with Crippen LogP contribution in [0.5, 0.6) is 0 Å². The summed E-state index contributed by atoms with van der Waals surface area (Å²) in [5.41, 5.74) is 1.46. The Kier molecular flexibility index (Phi) is 11.3. The third kappa shape index (κ3) is 9.46. The molecule has 0 saturated carbocycles. The predicted molar refractivity (Wildman–Crippen MR) is 161 cm³/mol. The normalized spacial score (nSPS) is 13.3. The minimum absolute atomic E-state index is 0.373. The maximum Gasteiger partial charge on any atom is 0.408 e. The van der Waals surface area contributed by atoms with E-state index in [1.54, 1.807) is 43.5 Å². The molecule has 39 heavy (non-hydrogen) atoms. The summed E-state index contributed by atoms with van der Waals surface area (Å²) in [6, 6.07) is 11.0. The lowest BCUT2D eigenvalue weighted by atomic mass is 9.94. The predicted octanol–water partition coefficient (Wildman–Crippen LogP) is 6.91. The lowest BCUT2D eigenvalue weighted by Crippen LogP contribution is -2.58. The monoisotopic (exact) mass is 575 g/mol. The number of hydrogen-bond donors (Lipinski definition) is 2. The SMILES string of the molecule is CSCCC(NC(=O)OC(C)(C)C)C(=O)N(C(C(=O)Nc1c(C)cccc1Cl)c1ccc(C)cc1)C(C)(C)C. The van der Waals surface area contributed by atoms with Gasteiger partial charge in [-0.3, -0.25) is 9.59 Å². The van der Waals surface area contributed by atoms with E-state index in [1.807, 2.05) is 77.3 Å². The smallest absolute Gasteiger partial charge is 0.408 e. The zero-order valence-corrected chi connectivity index (χ0v) is 26.0. The number of amides is 3. The molecule has 0 heterocycles. The number of rotatable bonds is 9. The zero-order valence-electron chi connectivity index (χ0n) is 24.5. The molecule has 0 aliphatic rings. The summed E-state index contributed by atoms with van der Waals surface area (Å²) < 4.78 is 5.45. The summed E-state index contributed by atoms with van der Waals surface area (Å²) in [7, 11) is 0. The summed E-state index contributed by atoms with van der Waals surface area (Å²) >= 11 is 8.00. The van der Waals surface area contributed by atoms with Crippen LogP contribution in [-0.4, -0.2) is 52.0 Å². The standard InChI is InChI=1S/C30H42ClN3O4S/c1-19-13-15-21(16-14-19)25(26(35)33-24-20(2)11-10-12-22(24)31)34(29(3,4)5)27(36)23(17-18-39-9)32-28(37)38-30(6,7)8/h10-16,23,25H,17-18H2,1-9H3,(H,32,37)(H,33,35). The molecule has 2 unspecified atom stereocenters. The van der Waals surface area contributed by atoms with Crippen molar-refractivity contribution in [1.82, 2.24) is 10.2 Å². The summed E-state index contributed by atoms with van der Waals surface area (Å²) in [5, 5.41) is 6.14. The van der Waals surface area contributed by atoms with Gasteiger partial charge in [0.05, 0.1) is 10.7 Å².